The number of nitrogens with zero attached hydrogens (tertiary/aromatic N) is 6. The molecule has 38 heavy (non-hydrogen) atoms. The summed E-state index contributed by atoms with van der Waals surface area (Å²) in [6.07, 6.45) is 3.14. The molecule has 0 aliphatic heterocycles. The summed E-state index contributed by atoms with van der Waals surface area (Å²) in [6.45, 7) is 4.17. The minimum absolute atomic E-state index is 0.129. The van der Waals surface area contributed by atoms with Gasteiger partial charge in [0.05, 0.1) is 41.3 Å². The van der Waals surface area contributed by atoms with Gasteiger partial charge in [-0.05, 0) is 55.3 Å². The van der Waals surface area contributed by atoms with E-state index in [0.717, 1.165) is 22.4 Å². The Kier molecular flexibility index (Phi) is 5.60. The molecule has 6 rings (SSSR count). The molecule has 0 saturated carbocycles. The van der Waals surface area contributed by atoms with Crippen molar-refractivity contribution in [3.63, 3.8) is 0 Å². The number of ether oxygens (including phenoxy) is 1. The van der Waals surface area contributed by atoms with Gasteiger partial charge in [-0.25, -0.2) is 14.6 Å². The Morgan fingerprint density at radius 3 is 2.58 bits per heavy atom. The highest BCUT2D eigenvalue weighted by molar-refractivity contribution is 5.98. The lowest BCUT2D eigenvalue weighted by atomic mass is 10.1. The SMILES string of the molecule is COc1cccc(-c2nn(Cc3cc4nccc(C)c4c(=O)n3-c3ccccc3C)c3ncnc(N)c23)c1. The van der Waals surface area contributed by atoms with E-state index in [-0.39, 0.29) is 12.1 Å². The van der Waals surface area contributed by atoms with Gasteiger partial charge in [-0.2, -0.15) is 5.10 Å². The monoisotopic (exact) mass is 503 g/mol. The van der Waals surface area contributed by atoms with E-state index >= 15 is 0 Å². The van der Waals surface area contributed by atoms with Crippen LogP contribution in [0.2, 0.25) is 0 Å². The summed E-state index contributed by atoms with van der Waals surface area (Å²) in [7, 11) is 1.62. The highest BCUT2D eigenvalue weighted by atomic mass is 16.5. The molecule has 9 nitrogen and oxygen atoms in total. The standard InChI is InChI=1S/C29H25N7O2/c1-17-7-4-5-10-23(17)36-20(14-22-24(29(36)37)18(2)11-12-31-22)15-35-28-25(27(30)32-16-33-28)26(34-35)19-8-6-9-21(13-19)38-3/h4-14,16H,15H2,1-3H3,(H2,30,32,33). The molecule has 9 heteroatoms. The van der Waals surface area contributed by atoms with Gasteiger partial charge in [0.15, 0.2) is 5.65 Å². The van der Waals surface area contributed by atoms with Crippen LogP contribution in [0.1, 0.15) is 16.8 Å². The first-order chi connectivity index (χ1) is 18.5. The number of rotatable bonds is 5. The van der Waals surface area contributed by atoms with Crippen LogP contribution in [0.15, 0.2) is 78.0 Å². The Labute approximate surface area is 218 Å². The van der Waals surface area contributed by atoms with Crippen molar-refractivity contribution in [2.75, 3.05) is 12.8 Å². The van der Waals surface area contributed by atoms with Crippen LogP contribution in [-0.2, 0) is 6.54 Å². The first-order valence-corrected chi connectivity index (χ1v) is 12.1. The number of anilines is 1. The molecule has 0 spiro atoms. The first-order valence-electron chi connectivity index (χ1n) is 12.1. The van der Waals surface area contributed by atoms with Crippen molar-refractivity contribution >= 4 is 27.8 Å². The number of pyridine rings is 2. The van der Waals surface area contributed by atoms with E-state index in [9.17, 15) is 4.79 Å². The second kappa shape index (κ2) is 9.11. The normalized spacial score (nSPS) is 11.3. The zero-order valence-electron chi connectivity index (χ0n) is 21.2. The van der Waals surface area contributed by atoms with Crippen LogP contribution in [0.3, 0.4) is 0 Å². The van der Waals surface area contributed by atoms with Gasteiger partial charge >= 0.3 is 0 Å². The molecule has 0 amide bonds. The summed E-state index contributed by atoms with van der Waals surface area (Å²) in [6, 6.07) is 19.2. The van der Waals surface area contributed by atoms with Crippen molar-refractivity contribution in [3.8, 4) is 22.7 Å². The smallest absolute Gasteiger partial charge is 0.265 e. The predicted octanol–water partition coefficient (Wildman–Crippen LogP) is 4.45. The summed E-state index contributed by atoms with van der Waals surface area (Å²) in [5.41, 5.74) is 12.2. The molecule has 6 aromatic rings. The van der Waals surface area contributed by atoms with Crippen molar-refractivity contribution < 1.29 is 4.74 Å². The predicted molar refractivity (Wildman–Crippen MR) is 148 cm³/mol. The zero-order valence-corrected chi connectivity index (χ0v) is 21.2. The third-order valence-electron chi connectivity index (χ3n) is 6.77. The average Bonchev–Trinajstić information content (AvgIpc) is 3.29. The van der Waals surface area contributed by atoms with Crippen LogP contribution in [0.5, 0.6) is 5.75 Å². The Morgan fingerprint density at radius 1 is 0.921 bits per heavy atom. The number of hydrogen-bond donors (Lipinski definition) is 1. The van der Waals surface area contributed by atoms with Crippen molar-refractivity contribution in [2.45, 2.75) is 20.4 Å². The van der Waals surface area contributed by atoms with Gasteiger partial charge < -0.3 is 10.5 Å². The van der Waals surface area contributed by atoms with Gasteiger partial charge in [-0.15, -0.1) is 0 Å². The lowest BCUT2D eigenvalue weighted by molar-refractivity contribution is 0.415. The van der Waals surface area contributed by atoms with E-state index in [2.05, 4.69) is 15.0 Å². The molecule has 0 fully saturated rings. The molecule has 2 N–H and O–H groups in total. The number of benzene rings is 2. The van der Waals surface area contributed by atoms with E-state index < -0.39 is 0 Å². The second-order valence-corrected chi connectivity index (χ2v) is 9.15. The minimum Gasteiger partial charge on any atom is -0.497 e. The molecule has 2 aromatic carbocycles. The van der Waals surface area contributed by atoms with Crippen LogP contribution in [0, 0.1) is 13.8 Å². The maximum atomic E-state index is 14.0. The average molecular weight is 504 g/mol. The molecule has 0 bridgehead atoms. The van der Waals surface area contributed by atoms with E-state index in [1.165, 1.54) is 6.33 Å². The molecule has 188 valence electrons. The Balaban J connectivity index is 1.62. The lowest BCUT2D eigenvalue weighted by Gasteiger charge is -2.17. The summed E-state index contributed by atoms with van der Waals surface area (Å²) < 4.78 is 8.92. The number of para-hydroxylation sites is 1. The second-order valence-electron chi connectivity index (χ2n) is 9.15. The topological polar surface area (TPSA) is 114 Å². The molecule has 0 atom stereocenters. The number of nitrogen functional groups attached to an aromatic ring is 1. The van der Waals surface area contributed by atoms with E-state index in [4.69, 9.17) is 15.6 Å². The summed E-state index contributed by atoms with van der Waals surface area (Å²) in [5, 5.41) is 6.15. The fourth-order valence-electron chi connectivity index (χ4n) is 4.89. The van der Waals surface area contributed by atoms with Crippen molar-refractivity contribution in [1.82, 2.24) is 29.3 Å². The third kappa shape index (κ3) is 3.76. The molecule has 4 heterocycles. The Bertz CT molecular complexity index is 1910. The quantitative estimate of drug-likeness (QED) is 0.370. The molecular weight excluding hydrogens is 478 g/mol. The molecule has 0 aliphatic rings. The Hall–Kier alpha value is -5.05. The van der Waals surface area contributed by atoms with E-state index in [1.807, 2.05) is 74.5 Å². The van der Waals surface area contributed by atoms with Crippen LogP contribution in [0.4, 0.5) is 5.82 Å². The fourth-order valence-corrected chi connectivity index (χ4v) is 4.89. The molecule has 0 aliphatic carbocycles. The van der Waals surface area contributed by atoms with Gasteiger partial charge in [-0.1, -0.05) is 30.3 Å². The van der Waals surface area contributed by atoms with Crippen molar-refractivity contribution in [1.29, 1.82) is 0 Å². The fraction of sp³-hybridized carbons (Fsp3) is 0.138. The molecule has 0 saturated heterocycles. The third-order valence-corrected chi connectivity index (χ3v) is 6.77. The van der Waals surface area contributed by atoms with Gasteiger partial charge in [0.25, 0.3) is 5.56 Å². The summed E-state index contributed by atoms with van der Waals surface area (Å²) >= 11 is 0. The molecule has 0 unspecified atom stereocenters. The number of hydrogen-bond acceptors (Lipinski definition) is 7. The number of nitrogens with two attached hydrogens (primary N) is 1. The highest BCUT2D eigenvalue weighted by Crippen LogP contribution is 2.32. The van der Waals surface area contributed by atoms with Crippen LogP contribution in [-0.4, -0.2) is 36.4 Å². The number of aromatic nitrogens is 6. The highest BCUT2D eigenvalue weighted by Gasteiger charge is 2.21. The van der Waals surface area contributed by atoms with Gasteiger partial charge in [0, 0.05) is 11.8 Å². The van der Waals surface area contributed by atoms with Gasteiger partial charge in [0.2, 0.25) is 0 Å². The Morgan fingerprint density at radius 2 is 1.76 bits per heavy atom. The van der Waals surface area contributed by atoms with E-state index in [1.54, 1.807) is 22.6 Å². The zero-order chi connectivity index (χ0) is 26.4. The largest absolute Gasteiger partial charge is 0.497 e. The number of methoxy groups -OCH3 is 1. The lowest BCUT2D eigenvalue weighted by Crippen LogP contribution is -2.25. The van der Waals surface area contributed by atoms with Crippen molar-refractivity contribution in [2.24, 2.45) is 0 Å². The van der Waals surface area contributed by atoms with Crippen LogP contribution < -0.4 is 16.0 Å². The van der Waals surface area contributed by atoms with Gasteiger partial charge in [0.1, 0.15) is 23.6 Å². The summed E-state index contributed by atoms with van der Waals surface area (Å²) in [5.74, 6) is 1.02. The number of fused-ring (bicyclic) bond motifs is 2. The van der Waals surface area contributed by atoms with Crippen LogP contribution in [0.25, 0.3) is 38.9 Å². The first kappa shape index (κ1) is 23.4. The van der Waals surface area contributed by atoms with Crippen molar-refractivity contribution in [3.05, 3.63) is 100 Å². The summed E-state index contributed by atoms with van der Waals surface area (Å²) in [4.78, 5) is 27.2. The van der Waals surface area contributed by atoms with E-state index in [0.29, 0.717) is 44.9 Å². The number of aryl methyl sites for hydroxylation is 2. The maximum Gasteiger partial charge on any atom is 0.265 e. The minimum atomic E-state index is -0.129. The van der Waals surface area contributed by atoms with Gasteiger partial charge in [-0.3, -0.25) is 14.3 Å². The molecular formula is C29H25N7O2. The molecule has 0 radical (unpaired) electrons. The molecule has 4 aromatic heterocycles. The maximum absolute atomic E-state index is 14.0. The van der Waals surface area contributed by atoms with Crippen LogP contribution >= 0.6 is 0 Å².